The molecule has 0 fully saturated rings. The zero-order valence-corrected chi connectivity index (χ0v) is 13.1. The maximum atomic E-state index is 12.0. The van der Waals surface area contributed by atoms with Gasteiger partial charge in [-0.3, -0.25) is 4.79 Å². The van der Waals surface area contributed by atoms with Crippen LogP contribution in [0.2, 0.25) is 4.34 Å². The van der Waals surface area contributed by atoms with Gasteiger partial charge in [-0.25, -0.2) is 0 Å². The van der Waals surface area contributed by atoms with E-state index >= 15 is 0 Å². The molecule has 3 nitrogen and oxygen atoms in total. The average Bonchev–Trinajstić information content (AvgIpc) is 3.03. The van der Waals surface area contributed by atoms with Crippen molar-refractivity contribution in [3.8, 4) is 0 Å². The quantitative estimate of drug-likeness (QED) is 0.778. The fourth-order valence-corrected chi connectivity index (χ4v) is 3.22. The highest BCUT2D eigenvalue weighted by Crippen LogP contribution is 2.23. The van der Waals surface area contributed by atoms with Gasteiger partial charge in [0.1, 0.15) is 5.58 Å². The van der Waals surface area contributed by atoms with Crippen LogP contribution in [-0.4, -0.2) is 5.91 Å². The van der Waals surface area contributed by atoms with Crippen molar-refractivity contribution in [2.24, 2.45) is 0 Å². The van der Waals surface area contributed by atoms with Crippen molar-refractivity contribution in [2.45, 2.75) is 19.9 Å². The maximum absolute atomic E-state index is 12.0. The van der Waals surface area contributed by atoms with Crippen molar-refractivity contribution in [3.63, 3.8) is 0 Å². The molecule has 0 saturated carbocycles. The number of furan rings is 1. The molecule has 0 radical (unpaired) electrons. The number of aryl methyl sites for hydroxylation is 1. The summed E-state index contributed by atoms with van der Waals surface area (Å²) in [6, 6.07) is 9.75. The van der Waals surface area contributed by atoms with E-state index in [1.807, 2.05) is 37.3 Å². The van der Waals surface area contributed by atoms with Gasteiger partial charge < -0.3 is 9.73 Å². The van der Waals surface area contributed by atoms with Gasteiger partial charge in [0.2, 0.25) is 5.91 Å². The van der Waals surface area contributed by atoms with Crippen LogP contribution in [0.15, 0.2) is 41.0 Å². The molecular formula is C16H14ClNO2S. The molecule has 2 aromatic heterocycles. The van der Waals surface area contributed by atoms with Crippen LogP contribution in [0.4, 0.5) is 0 Å². The molecule has 0 unspecified atom stereocenters. The summed E-state index contributed by atoms with van der Waals surface area (Å²) >= 11 is 7.34. The molecule has 1 aromatic carbocycles. The lowest BCUT2D eigenvalue weighted by Crippen LogP contribution is -2.23. The molecule has 108 valence electrons. The van der Waals surface area contributed by atoms with Gasteiger partial charge in [0.25, 0.3) is 0 Å². The number of rotatable bonds is 4. The molecule has 3 rings (SSSR count). The third-order valence-electron chi connectivity index (χ3n) is 3.25. The number of hydrogen-bond donors (Lipinski definition) is 1. The molecule has 0 aliphatic heterocycles. The van der Waals surface area contributed by atoms with Gasteiger partial charge in [-0.2, -0.15) is 0 Å². The highest BCUT2D eigenvalue weighted by molar-refractivity contribution is 7.16. The van der Waals surface area contributed by atoms with E-state index in [1.54, 1.807) is 6.26 Å². The van der Waals surface area contributed by atoms with Crippen LogP contribution in [0.5, 0.6) is 0 Å². The van der Waals surface area contributed by atoms with Gasteiger partial charge in [0.15, 0.2) is 0 Å². The standard InChI is InChI=1S/C16H14ClNO2S/c1-10-2-4-13-11(9-20-14(13)6-10)7-16(19)18-8-12-3-5-15(17)21-12/h2-6,9H,7-8H2,1H3,(H,18,19). The van der Waals surface area contributed by atoms with E-state index in [9.17, 15) is 4.79 Å². The number of hydrogen-bond acceptors (Lipinski definition) is 3. The Morgan fingerprint density at radius 2 is 2.19 bits per heavy atom. The van der Waals surface area contributed by atoms with Crippen molar-refractivity contribution >= 4 is 39.8 Å². The summed E-state index contributed by atoms with van der Waals surface area (Å²) in [4.78, 5) is 13.1. The van der Waals surface area contributed by atoms with Crippen molar-refractivity contribution in [1.29, 1.82) is 0 Å². The molecule has 0 bridgehead atoms. The molecule has 5 heteroatoms. The third kappa shape index (κ3) is 3.28. The van der Waals surface area contributed by atoms with Crippen LogP contribution >= 0.6 is 22.9 Å². The second-order valence-electron chi connectivity index (χ2n) is 4.92. The first-order valence-electron chi connectivity index (χ1n) is 6.59. The summed E-state index contributed by atoms with van der Waals surface area (Å²) in [6.07, 6.45) is 1.97. The van der Waals surface area contributed by atoms with Crippen molar-refractivity contribution in [1.82, 2.24) is 5.32 Å². The summed E-state index contributed by atoms with van der Waals surface area (Å²) in [7, 11) is 0. The fraction of sp³-hybridized carbons (Fsp3) is 0.188. The average molecular weight is 320 g/mol. The molecule has 3 aromatic rings. The fourth-order valence-electron chi connectivity index (χ4n) is 2.20. The first-order valence-corrected chi connectivity index (χ1v) is 7.79. The minimum atomic E-state index is -0.0252. The molecular weight excluding hydrogens is 306 g/mol. The van der Waals surface area contributed by atoms with E-state index in [0.717, 1.165) is 31.3 Å². The number of carbonyl (C=O) groups excluding carboxylic acids is 1. The number of fused-ring (bicyclic) bond motifs is 1. The predicted octanol–water partition coefficient (Wildman–Crippen LogP) is 4.32. The summed E-state index contributed by atoms with van der Waals surface area (Å²) in [5.41, 5.74) is 2.87. The Kier molecular flexibility index (Phi) is 3.99. The molecule has 1 N–H and O–H groups in total. The second kappa shape index (κ2) is 5.92. The summed E-state index contributed by atoms with van der Waals surface area (Å²) < 4.78 is 6.23. The predicted molar refractivity (Wildman–Crippen MR) is 85.8 cm³/mol. The third-order valence-corrected chi connectivity index (χ3v) is 4.48. The smallest absolute Gasteiger partial charge is 0.224 e. The highest BCUT2D eigenvalue weighted by atomic mass is 35.5. The Morgan fingerprint density at radius 3 is 2.95 bits per heavy atom. The number of amides is 1. The number of halogens is 1. The Morgan fingerprint density at radius 1 is 1.33 bits per heavy atom. The zero-order valence-electron chi connectivity index (χ0n) is 11.5. The van der Waals surface area contributed by atoms with E-state index in [-0.39, 0.29) is 5.91 Å². The molecule has 2 heterocycles. The molecule has 0 aliphatic rings. The lowest BCUT2D eigenvalue weighted by atomic mass is 10.1. The number of benzene rings is 1. The highest BCUT2D eigenvalue weighted by Gasteiger charge is 2.10. The first kappa shape index (κ1) is 14.2. The van der Waals surface area contributed by atoms with Gasteiger partial charge in [0.05, 0.1) is 23.6 Å². The molecule has 0 saturated heterocycles. The van der Waals surface area contributed by atoms with E-state index in [1.165, 1.54) is 11.3 Å². The molecule has 0 aliphatic carbocycles. The molecule has 0 spiro atoms. The topological polar surface area (TPSA) is 42.2 Å². The van der Waals surface area contributed by atoms with E-state index in [2.05, 4.69) is 5.32 Å². The first-order chi connectivity index (χ1) is 10.1. The number of carbonyl (C=O) groups is 1. The molecule has 21 heavy (non-hydrogen) atoms. The monoisotopic (exact) mass is 319 g/mol. The SMILES string of the molecule is Cc1ccc2c(CC(=O)NCc3ccc(Cl)s3)coc2c1. The minimum absolute atomic E-state index is 0.0252. The zero-order chi connectivity index (χ0) is 14.8. The van der Waals surface area contributed by atoms with Crippen molar-refractivity contribution in [2.75, 3.05) is 0 Å². The van der Waals surface area contributed by atoms with Gasteiger partial charge >= 0.3 is 0 Å². The van der Waals surface area contributed by atoms with Crippen molar-refractivity contribution in [3.05, 3.63) is 56.9 Å². The van der Waals surface area contributed by atoms with E-state index in [0.29, 0.717) is 13.0 Å². The Hall–Kier alpha value is -1.78. The molecule has 0 atom stereocenters. The molecule has 1 amide bonds. The lowest BCUT2D eigenvalue weighted by Gasteiger charge is -2.02. The second-order valence-corrected chi connectivity index (χ2v) is 6.72. The van der Waals surface area contributed by atoms with Gasteiger partial charge in [0, 0.05) is 15.8 Å². The van der Waals surface area contributed by atoms with Crippen LogP contribution in [-0.2, 0) is 17.8 Å². The largest absolute Gasteiger partial charge is 0.464 e. The number of nitrogens with one attached hydrogen (secondary N) is 1. The number of thiophene rings is 1. The van der Waals surface area contributed by atoms with Gasteiger partial charge in [-0.1, -0.05) is 23.7 Å². The van der Waals surface area contributed by atoms with E-state index < -0.39 is 0 Å². The van der Waals surface area contributed by atoms with Crippen molar-refractivity contribution < 1.29 is 9.21 Å². The van der Waals surface area contributed by atoms with E-state index in [4.69, 9.17) is 16.0 Å². The van der Waals surface area contributed by atoms with Gasteiger partial charge in [-0.15, -0.1) is 11.3 Å². The van der Waals surface area contributed by atoms with Crippen LogP contribution < -0.4 is 5.32 Å². The Bertz CT molecular complexity index is 791. The summed E-state index contributed by atoms with van der Waals surface area (Å²) in [5.74, 6) is -0.0252. The Balaban J connectivity index is 1.66. The van der Waals surface area contributed by atoms with Crippen LogP contribution in [0.25, 0.3) is 11.0 Å². The van der Waals surface area contributed by atoms with Crippen LogP contribution in [0.1, 0.15) is 16.0 Å². The summed E-state index contributed by atoms with van der Waals surface area (Å²) in [6.45, 7) is 2.52. The Labute approximate surface area is 131 Å². The van der Waals surface area contributed by atoms with Crippen LogP contribution in [0.3, 0.4) is 0 Å². The maximum Gasteiger partial charge on any atom is 0.224 e. The summed E-state index contributed by atoms with van der Waals surface area (Å²) in [5, 5.41) is 3.89. The minimum Gasteiger partial charge on any atom is -0.464 e. The van der Waals surface area contributed by atoms with Gasteiger partial charge in [-0.05, 0) is 30.7 Å². The van der Waals surface area contributed by atoms with Crippen LogP contribution in [0, 0.1) is 6.92 Å². The normalized spacial score (nSPS) is 11.0. The lowest BCUT2D eigenvalue weighted by molar-refractivity contribution is -0.120.